The molecule has 110 valence electrons. The van der Waals surface area contributed by atoms with Crippen molar-refractivity contribution in [2.75, 3.05) is 0 Å². The van der Waals surface area contributed by atoms with Crippen LogP contribution in [0, 0.1) is 11.8 Å². The highest BCUT2D eigenvalue weighted by molar-refractivity contribution is 6.31. The number of amides is 1. The second-order valence-electron chi connectivity index (χ2n) is 6.35. The van der Waals surface area contributed by atoms with Gasteiger partial charge < -0.3 is 5.32 Å². The van der Waals surface area contributed by atoms with Crippen molar-refractivity contribution >= 4 is 17.5 Å². The van der Waals surface area contributed by atoms with E-state index in [1.807, 2.05) is 24.3 Å². The molecule has 3 unspecified atom stereocenters. The van der Waals surface area contributed by atoms with Crippen molar-refractivity contribution in [1.82, 2.24) is 5.32 Å². The zero-order valence-corrected chi connectivity index (χ0v) is 13.3. The van der Waals surface area contributed by atoms with E-state index in [9.17, 15) is 4.79 Å². The Morgan fingerprint density at radius 2 is 2.00 bits per heavy atom. The quantitative estimate of drug-likeness (QED) is 0.828. The van der Waals surface area contributed by atoms with Crippen molar-refractivity contribution in [3.63, 3.8) is 0 Å². The lowest BCUT2D eigenvalue weighted by Gasteiger charge is -2.15. The van der Waals surface area contributed by atoms with Gasteiger partial charge in [0.2, 0.25) is 5.91 Å². The first-order valence-corrected chi connectivity index (χ1v) is 7.91. The highest BCUT2D eigenvalue weighted by atomic mass is 35.5. The summed E-state index contributed by atoms with van der Waals surface area (Å²) in [4.78, 5) is 12.2. The summed E-state index contributed by atoms with van der Waals surface area (Å²) in [6.07, 6.45) is 3.12. The van der Waals surface area contributed by atoms with Crippen LogP contribution in [0.3, 0.4) is 0 Å². The fraction of sp³-hybridized carbons (Fsp3) is 0.588. The zero-order chi connectivity index (χ0) is 14.7. The topological polar surface area (TPSA) is 29.1 Å². The lowest BCUT2D eigenvalue weighted by Crippen LogP contribution is -2.34. The monoisotopic (exact) mass is 293 g/mol. The van der Waals surface area contributed by atoms with Crippen LogP contribution in [-0.4, -0.2) is 11.9 Å². The predicted molar refractivity (Wildman–Crippen MR) is 84.0 cm³/mol. The Balaban J connectivity index is 1.83. The normalized spacial score (nSPS) is 22.6. The molecule has 1 amide bonds. The number of carbonyl (C=O) groups excluding carboxylic acids is 1. The van der Waals surface area contributed by atoms with E-state index in [0.29, 0.717) is 11.8 Å². The van der Waals surface area contributed by atoms with Crippen LogP contribution in [-0.2, 0) is 4.79 Å². The number of halogens is 1. The van der Waals surface area contributed by atoms with Crippen molar-refractivity contribution in [3.05, 3.63) is 34.9 Å². The largest absolute Gasteiger partial charge is 0.353 e. The zero-order valence-electron chi connectivity index (χ0n) is 12.5. The van der Waals surface area contributed by atoms with E-state index in [1.54, 1.807) is 0 Å². The van der Waals surface area contributed by atoms with Gasteiger partial charge in [-0.05, 0) is 49.7 Å². The molecular formula is C17H24ClNO. The maximum atomic E-state index is 12.2. The van der Waals surface area contributed by atoms with Gasteiger partial charge >= 0.3 is 0 Å². The smallest absolute Gasteiger partial charge is 0.223 e. The van der Waals surface area contributed by atoms with Crippen molar-refractivity contribution in [3.8, 4) is 0 Å². The lowest BCUT2D eigenvalue weighted by molar-refractivity contribution is -0.123. The molecular weight excluding hydrogens is 270 g/mol. The molecule has 20 heavy (non-hydrogen) atoms. The molecule has 0 bridgehead atoms. The fourth-order valence-corrected chi connectivity index (χ4v) is 2.89. The van der Waals surface area contributed by atoms with E-state index < -0.39 is 0 Å². The lowest BCUT2D eigenvalue weighted by atomic mass is 10.0. The molecule has 0 heterocycles. The van der Waals surface area contributed by atoms with Crippen molar-refractivity contribution in [2.45, 2.75) is 52.0 Å². The number of hydrogen-bond acceptors (Lipinski definition) is 1. The Hall–Kier alpha value is -1.02. The number of benzene rings is 1. The molecule has 1 fully saturated rings. The minimum atomic E-state index is 0.108. The highest BCUT2D eigenvalue weighted by Gasteiger charge is 2.44. The third-order valence-electron chi connectivity index (χ3n) is 4.00. The minimum absolute atomic E-state index is 0.108. The summed E-state index contributed by atoms with van der Waals surface area (Å²) >= 11 is 6.19. The maximum absolute atomic E-state index is 12.2. The molecule has 0 spiro atoms. The van der Waals surface area contributed by atoms with Crippen LogP contribution in [0.5, 0.6) is 0 Å². The molecule has 1 aliphatic carbocycles. The number of rotatable bonds is 6. The summed E-state index contributed by atoms with van der Waals surface area (Å²) < 4.78 is 0. The minimum Gasteiger partial charge on any atom is -0.353 e. The molecule has 3 atom stereocenters. The molecule has 1 N–H and O–H groups in total. The molecule has 0 radical (unpaired) electrons. The number of nitrogens with one attached hydrogen (secondary N) is 1. The van der Waals surface area contributed by atoms with Crippen molar-refractivity contribution in [1.29, 1.82) is 0 Å². The van der Waals surface area contributed by atoms with Crippen LogP contribution in [0.15, 0.2) is 24.3 Å². The second-order valence-corrected chi connectivity index (χ2v) is 6.76. The standard InChI is InChI=1S/C17H24ClNO/c1-11(2)8-9-12(3)19-17(20)15-10-14(15)13-6-4-5-7-16(13)18/h4-7,11-12,14-15H,8-10H2,1-3H3,(H,19,20). The first kappa shape index (κ1) is 15.4. The Morgan fingerprint density at radius 3 is 2.65 bits per heavy atom. The van der Waals surface area contributed by atoms with E-state index >= 15 is 0 Å². The Bertz CT molecular complexity index is 472. The van der Waals surface area contributed by atoms with Gasteiger partial charge in [0.15, 0.2) is 0 Å². The summed E-state index contributed by atoms with van der Waals surface area (Å²) in [5, 5.41) is 3.91. The van der Waals surface area contributed by atoms with Crippen molar-refractivity contribution < 1.29 is 4.79 Å². The summed E-state index contributed by atoms with van der Waals surface area (Å²) in [5.74, 6) is 1.29. The third-order valence-corrected chi connectivity index (χ3v) is 4.34. The van der Waals surface area contributed by atoms with Crippen LogP contribution in [0.4, 0.5) is 0 Å². The average molecular weight is 294 g/mol. The van der Waals surface area contributed by atoms with Gasteiger partial charge in [0.05, 0.1) is 0 Å². The van der Waals surface area contributed by atoms with Crippen molar-refractivity contribution in [2.24, 2.45) is 11.8 Å². The molecule has 0 aliphatic heterocycles. The summed E-state index contributed by atoms with van der Waals surface area (Å²) in [7, 11) is 0. The molecule has 1 aromatic carbocycles. The molecule has 3 heteroatoms. The van der Waals surface area contributed by atoms with E-state index in [1.165, 1.54) is 0 Å². The molecule has 1 aromatic rings. The van der Waals surface area contributed by atoms with E-state index in [-0.39, 0.29) is 17.9 Å². The molecule has 0 aromatic heterocycles. The maximum Gasteiger partial charge on any atom is 0.223 e. The van der Waals surface area contributed by atoms with Crippen LogP contribution in [0.1, 0.15) is 51.5 Å². The molecule has 1 aliphatic rings. The average Bonchev–Trinajstić information content (AvgIpc) is 3.17. The Labute approximate surface area is 126 Å². The third kappa shape index (κ3) is 3.99. The Morgan fingerprint density at radius 1 is 1.30 bits per heavy atom. The number of carbonyl (C=O) groups is 1. The van der Waals surface area contributed by atoms with Gasteiger partial charge in [-0.3, -0.25) is 4.79 Å². The van der Waals surface area contributed by atoms with E-state index in [2.05, 4.69) is 26.1 Å². The summed E-state index contributed by atoms with van der Waals surface area (Å²) in [5.41, 5.74) is 1.11. The molecule has 1 saturated carbocycles. The van der Waals surface area contributed by atoms with E-state index in [4.69, 9.17) is 11.6 Å². The first-order valence-electron chi connectivity index (χ1n) is 7.53. The predicted octanol–water partition coefficient (Wildman–Crippen LogP) is 4.38. The summed E-state index contributed by atoms with van der Waals surface area (Å²) in [6, 6.07) is 8.10. The van der Waals surface area contributed by atoms with Crippen LogP contribution in [0.2, 0.25) is 5.02 Å². The van der Waals surface area contributed by atoms with Gasteiger partial charge in [-0.2, -0.15) is 0 Å². The van der Waals surface area contributed by atoms with Crippen LogP contribution in [0.25, 0.3) is 0 Å². The molecule has 0 saturated heterocycles. The molecule has 2 nitrogen and oxygen atoms in total. The van der Waals surface area contributed by atoms with Gasteiger partial charge in [-0.1, -0.05) is 43.6 Å². The Kier molecular flexibility index (Phi) is 5.09. The van der Waals surface area contributed by atoms with Gasteiger partial charge in [-0.15, -0.1) is 0 Å². The van der Waals surface area contributed by atoms with Gasteiger partial charge in [0.1, 0.15) is 0 Å². The highest BCUT2D eigenvalue weighted by Crippen LogP contribution is 2.49. The summed E-state index contributed by atoms with van der Waals surface area (Å²) in [6.45, 7) is 6.51. The van der Waals surface area contributed by atoms with Gasteiger partial charge in [0.25, 0.3) is 0 Å². The fourth-order valence-electron chi connectivity index (χ4n) is 2.61. The molecule has 2 rings (SSSR count). The number of hydrogen-bond donors (Lipinski definition) is 1. The first-order chi connectivity index (χ1) is 9.49. The van der Waals surface area contributed by atoms with Crippen LogP contribution >= 0.6 is 11.6 Å². The second kappa shape index (κ2) is 6.62. The van der Waals surface area contributed by atoms with Gasteiger partial charge in [0, 0.05) is 17.0 Å². The van der Waals surface area contributed by atoms with E-state index in [0.717, 1.165) is 29.8 Å². The van der Waals surface area contributed by atoms with Crippen LogP contribution < -0.4 is 5.32 Å². The van der Waals surface area contributed by atoms with Gasteiger partial charge in [-0.25, -0.2) is 0 Å². The SMILES string of the molecule is CC(C)CCC(C)NC(=O)C1CC1c1ccccc1Cl.